The summed E-state index contributed by atoms with van der Waals surface area (Å²) in [6.07, 6.45) is 7.79. The highest BCUT2D eigenvalue weighted by molar-refractivity contribution is 5.68. The third kappa shape index (κ3) is 3.98. The molecule has 0 aromatic carbocycles. The molecule has 0 spiro atoms. The molecule has 2 rings (SSSR count). The molecule has 2 heterocycles. The minimum absolute atomic E-state index is 0.0545. The van der Waals surface area contributed by atoms with E-state index in [4.69, 9.17) is 4.74 Å². The van der Waals surface area contributed by atoms with Gasteiger partial charge in [0.25, 0.3) is 0 Å². The largest absolute Gasteiger partial charge is 0.447 e. The molecule has 1 amide bonds. The Morgan fingerprint density at radius 1 is 1.47 bits per heavy atom. The summed E-state index contributed by atoms with van der Waals surface area (Å²) in [5.41, 5.74) is 0. The number of amides is 1. The molecule has 19 heavy (non-hydrogen) atoms. The van der Waals surface area contributed by atoms with E-state index in [-0.39, 0.29) is 18.2 Å². The summed E-state index contributed by atoms with van der Waals surface area (Å²) in [6, 6.07) is 2.20. The minimum atomic E-state index is -0.167. The third-order valence-electron chi connectivity index (χ3n) is 3.45. The lowest BCUT2D eigenvalue weighted by Gasteiger charge is -2.35. The first-order valence-electron chi connectivity index (χ1n) is 7.11. The number of aromatic nitrogens is 2. The van der Waals surface area contributed by atoms with Gasteiger partial charge in [-0.3, -0.25) is 4.68 Å². The van der Waals surface area contributed by atoms with Crippen molar-refractivity contribution in [3.05, 3.63) is 18.5 Å². The van der Waals surface area contributed by atoms with Crippen LogP contribution in [0.4, 0.5) is 4.79 Å². The number of carbonyl (C=O) groups excluding carboxylic acids is 1. The topological polar surface area (TPSA) is 47.4 Å². The van der Waals surface area contributed by atoms with Crippen molar-refractivity contribution in [3.63, 3.8) is 0 Å². The molecular weight excluding hydrogens is 242 g/mol. The molecule has 5 nitrogen and oxygen atoms in total. The zero-order valence-corrected chi connectivity index (χ0v) is 11.8. The number of hydrogen-bond acceptors (Lipinski definition) is 3. The molecule has 1 aliphatic heterocycles. The maximum absolute atomic E-state index is 12.1. The summed E-state index contributed by atoms with van der Waals surface area (Å²) in [4.78, 5) is 14.0. The summed E-state index contributed by atoms with van der Waals surface area (Å²) in [7, 11) is 0. The number of rotatable bonds is 4. The molecule has 1 aromatic rings. The molecule has 5 heteroatoms. The Kier molecular flexibility index (Phi) is 4.82. The van der Waals surface area contributed by atoms with Gasteiger partial charge in [-0.15, -0.1) is 0 Å². The Labute approximate surface area is 114 Å². The fourth-order valence-corrected chi connectivity index (χ4v) is 2.52. The van der Waals surface area contributed by atoms with Gasteiger partial charge in [-0.25, -0.2) is 4.79 Å². The van der Waals surface area contributed by atoms with Gasteiger partial charge in [0.05, 0.1) is 6.10 Å². The Morgan fingerprint density at radius 3 is 3.00 bits per heavy atom. The van der Waals surface area contributed by atoms with Crippen LogP contribution in [0.15, 0.2) is 18.5 Å². The van der Waals surface area contributed by atoms with Crippen molar-refractivity contribution in [2.75, 3.05) is 6.54 Å². The smallest absolute Gasteiger partial charge is 0.410 e. The molecule has 1 atom stereocenters. The van der Waals surface area contributed by atoms with Crippen LogP contribution in [-0.4, -0.2) is 39.5 Å². The minimum Gasteiger partial charge on any atom is -0.447 e. The van der Waals surface area contributed by atoms with Crippen LogP contribution in [0.25, 0.3) is 0 Å². The van der Waals surface area contributed by atoms with Crippen molar-refractivity contribution < 1.29 is 9.53 Å². The monoisotopic (exact) mass is 265 g/mol. The maximum atomic E-state index is 12.1. The molecule has 0 saturated carbocycles. The Balaban J connectivity index is 1.90. The molecule has 0 bridgehead atoms. The normalized spacial score (nSPS) is 19.7. The van der Waals surface area contributed by atoms with Gasteiger partial charge in [0.2, 0.25) is 0 Å². The second kappa shape index (κ2) is 6.59. The number of likely N-dealkylation sites (tertiary alicyclic amines) is 1. The fraction of sp³-hybridized carbons (Fsp3) is 0.714. The standard InChI is InChI=1S/C14H23N3O2/c1-12(2)19-14(18)17-10-4-3-6-13(17)7-11-16-9-5-8-15-16/h5,8-9,12-13H,3-4,6-7,10-11H2,1-2H3/t13-/m0/s1. The van der Waals surface area contributed by atoms with Crippen molar-refractivity contribution >= 4 is 6.09 Å². The predicted octanol–water partition coefficient (Wildman–Crippen LogP) is 2.67. The molecule has 0 radical (unpaired) electrons. The first-order chi connectivity index (χ1) is 9.16. The lowest BCUT2D eigenvalue weighted by Crippen LogP contribution is -2.45. The number of nitrogens with zero attached hydrogens (tertiary/aromatic N) is 3. The van der Waals surface area contributed by atoms with Crippen LogP contribution in [0.2, 0.25) is 0 Å². The van der Waals surface area contributed by atoms with Crippen LogP contribution in [0, 0.1) is 0 Å². The molecule has 0 unspecified atom stereocenters. The maximum Gasteiger partial charge on any atom is 0.410 e. The first-order valence-corrected chi connectivity index (χ1v) is 7.11. The van der Waals surface area contributed by atoms with Gasteiger partial charge >= 0.3 is 6.09 Å². The van der Waals surface area contributed by atoms with Gasteiger partial charge in [-0.05, 0) is 45.6 Å². The van der Waals surface area contributed by atoms with Crippen LogP contribution < -0.4 is 0 Å². The van der Waals surface area contributed by atoms with Crippen LogP contribution in [0.5, 0.6) is 0 Å². The molecule has 1 aromatic heterocycles. The van der Waals surface area contributed by atoms with E-state index in [9.17, 15) is 4.79 Å². The molecule has 1 fully saturated rings. The zero-order chi connectivity index (χ0) is 13.7. The van der Waals surface area contributed by atoms with Crippen LogP contribution in [0.3, 0.4) is 0 Å². The van der Waals surface area contributed by atoms with E-state index in [1.54, 1.807) is 6.20 Å². The van der Waals surface area contributed by atoms with Gasteiger partial charge in [0, 0.05) is 31.5 Å². The average molecular weight is 265 g/mol. The Bertz CT molecular complexity index is 389. The van der Waals surface area contributed by atoms with Crippen LogP contribution >= 0.6 is 0 Å². The van der Waals surface area contributed by atoms with Gasteiger partial charge in [0.15, 0.2) is 0 Å². The summed E-state index contributed by atoms with van der Waals surface area (Å²) in [5.74, 6) is 0. The quantitative estimate of drug-likeness (QED) is 0.841. The van der Waals surface area contributed by atoms with E-state index in [2.05, 4.69) is 5.10 Å². The van der Waals surface area contributed by atoms with Gasteiger partial charge in [-0.1, -0.05) is 0 Å². The van der Waals surface area contributed by atoms with Crippen molar-refractivity contribution in [1.29, 1.82) is 0 Å². The fourth-order valence-electron chi connectivity index (χ4n) is 2.52. The summed E-state index contributed by atoms with van der Waals surface area (Å²) < 4.78 is 7.24. The highest BCUT2D eigenvalue weighted by Gasteiger charge is 2.28. The van der Waals surface area contributed by atoms with E-state index < -0.39 is 0 Å². The molecular formula is C14H23N3O2. The van der Waals surface area contributed by atoms with Crippen molar-refractivity contribution in [2.24, 2.45) is 0 Å². The summed E-state index contributed by atoms with van der Waals surface area (Å²) in [6.45, 7) is 5.44. The van der Waals surface area contributed by atoms with Crippen LogP contribution in [0.1, 0.15) is 39.5 Å². The first kappa shape index (κ1) is 13.9. The number of aryl methyl sites for hydroxylation is 1. The van der Waals surface area contributed by atoms with Crippen molar-refractivity contribution in [2.45, 2.75) is 58.2 Å². The summed E-state index contributed by atoms with van der Waals surface area (Å²) >= 11 is 0. The number of carbonyl (C=O) groups is 1. The van der Waals surface area contributed by atoms with Crippen LogP contribution in [-0.2, 0) is 11.3 Å². The second-order valence-electron chi connectivity index (χ2n) is 5.33. The lowest BCUT2D eigenvalue weighted by molar-refractivity contribution is 0.0501. The molecule has 0 N–H and O–H groups in total. The van der Waals surface area contributed by atoms with E-state index >= 15 is 0 Å². The van der Waals surface area contributed by atoms with Gasteiger partial charge in [0.1, 0.15) is 0 Å². The second-order valence-corrected chi connectivity index (χ2v) is 5.33. The third-order valence-corrected chi connectivity index (χ3v) is 3.45. The van der Waals surface area contributed by atoms with Gasteiger partial charge < -0.3 is 9.64 Å². The van der Waals surface area contributed by atoms with E-state index in [1.165, 1.54) is 6.42 Å². The lowest BCUT2D eigenvalue weighted by atomic mass is 10.00. The van der Waals surface area contributed by atoms with Crippen molar-refractivity contribution in [3.8, 4) is 0 Å². The Hall–Kier alpha value is -1.52. The SMILES string of the molecule is CC(C)OC(=O)N1CCCC[C@H]1CCn1cccn1. The zero-order valence-electron chi connectivity index (χ0n) is 11.8. The molecule has 0 aliphatic carbocycles. The predicted molar refractivity (Wildman–Crippen MR) is 72.8 cm³/mol. The highest BCUT2D eigenvalue weighted by atomic mass is 16.6. The number of ether oxygens (including phenoxy) is 1. The van der Waals surface area contributed by atoms with E-state index in [1.807, 2.05) is 35.7 Å². The van der Waals surface area contributed by atoms with Crippen molar-refractivity contribution in [1.82, 2.24) is 14.7 Å². The van der Waals surface area contributed by atoms with E-state index in [0.29, 0.717) is 0 Å². The number of piperidine rings is 1. The average Bonchev–Trinajstić information content (AvgIpc) is 2.89. The molecule has 1 saturated heterocycles. The molecule has 1 aliphatic rings. The number of hydrogen-bond donors (Lipinski definition) is 0. The highest BCUT2D eigenvalue weighted by Crippen LogP contribution is 2.21. The van der Waals surface area contributed by atoms with E-state index in [0.717, 1.165) is 32.4 Å². The van der Waals surface area contributed by atoms with Gasteiger partial charge in [-0.2, -0.15) is 5.10 Å². The molecule has 106 valence electrons. The Morgan fingerprint density at radius 2 is 2.32 bits per heavy atom. The summed E-state index contributed by atoms with van der Waals surface area (Å²) in [5, 5.41) is 4.20.